The van der Waals surface area contributed by atoms with Gasteiger partial charge in [0.2, 0.25) is 0 Å². The van der Waals surface area contributed by atoms with Crippen LogP contribution in [0.2, 0.25) is 0 Å². The summed E-state index contributed by atoms with van der Waals surface area (Å²) in [6.07, 6.45) is 1.01. The first-order valence-corrected chi connectivity index (χ1v) is 11.4. The van der Waals surface area contributed by atoms with Crippen molar-refractivity contribution in [3.63, 3.8) is 0 Å². The SMILES string of the molecule is CCc1ccc(CNCc2c(C(=O)O)n(Cc3ccc(OC)cc3)c3cc(OC)ccc23)cc1. The second-order valence-electron chi connectivity index (χ2n) is 8.22. The Kier molecular flexibility index (Phi) is 7.18. The van der Waals surface area contributed by atoms with Gasteiger partial charge in [0, 0.05) is 36.7 Å². The molecule has 176 valence electrons. The summed E-state index contributed by atoms with van der Waals surface area (Å²) in [5, 5.41) is 14.6. The molecule has 0 saturated carbocycles. The van der Waals surface area contributed by atoms with Crippen LogP contribution in [0.25, 0.3) is 10.9 Å². The Balaban J connectivity index is 1.69. The smallest absolute Gasteiger partial charge is 0.352 e. The van der Waals surface area contributed by atoms with E-state index in [0.29, 0.717) is 25.4 Å². The van der Waals surface area contributed by atoms with E-state index in [2.05, 4.69) is 36.5 Å². The van der Waals surface area contributed by atoms with Crippen LogP contribution in [0.15, 0.2) is 66.7 Å². The van der Waals surface area contributed by atoms with Gasteiger partial charge < -0.3 is 24.5 Å². The number of fused-ring (bicyclic) bond motifs is 1. The lowest BCUT2D eigenvalue weighted by Gasteiger charge is -2.11. The second-order valence-corrected chi connectivity index (χ2v) is 8.22. The molecule has 0 amide bonds. The maximum absolute atomic E-state index is 12.5. The minimum absolute atomic E-state index is 0.285. The Labute approximate surface area is 199 Å². The summed E-state index contributed by atoms with van der Waals surface area (Å²) in [5.74, 6) is 0.499. The Morgan fingerprint density at radius 2 is 1.47 bits per heavy atom. The lowest BCUT2D eigenvalue weighted by molar-refractivity contribution is 0.0684. The highest BCUT2D eigenvalue weighted by atomic mass is 16.5. The van der Waals surface area contributed by atoms with Gasteiger partial charge in [0.15, 0.2) is 0 Å². The highest BCUT2D eigenvalue weighted by Gasteiger charge is 2.23. The quantitative estimate of drug-likeness (QED) is 0.339. The van der Waals surface area contributed by atoms with Gasteiger partial charge in [0.25, 0.3) is 0 Å². The van der Waals surface area contributed by atoms with Crippen LogP contribution in [0.4, 0.5) is 0 Å². The number of benzene rings is 3. The van der Waals surface area contributed by atoms with E-state index < -0.39 is 5.97 Å². The van der Waals surface area contributed by atoms with Crippen molar-refractivity contribution in [2.75, 3.05) is 14.2 Å². The van der Waals surface area contributed by atoms with Crippen LogP contribution in [0.3, 0.4) is 0 Å². The Morgan fingerprint density at radius 1 is 0.853 bits per heavy atom. The van der Waals surface area contributed by atoms with Crippen LogP contribution in [0, 0.1) is 0 Å². The summed E-state index contributed by atoms with van der Waals surface area (Å²) in [5.41, 5.74) is 5.33. The summed E-state index contributed by atoms with van der Waals surface area (Å²) in [4.78, 5) is 12.5. The number of ether oxygens (including phenoxy) is 2. The third-order valence-electron chi connectivity index (χ3n) is 6.14. The predicted octanol–water partition coefficient (Wildman–Crippen LogP) is 5.26. The van der Waals surface area contributed by atoms with Crippen molar-refractivity contribution in [3.05, 3.63) is 94.7 Å². The van der Waals surface area contributed by atoms with Gasteiger partial charge in [0.05, 0.1) is 19.7 Å². The molecule has 4 aromatic rings. The number of hydrogen-bond donors (Lipinski definition) is 2. The number of carboxylic acid groups (broad SMARTS) is 1. The van der Waals surface area contributed by atoms with Crippen molar-refractivity contribution in [1.82, 2.24) is 9.88 Å². The van der Waals surface area contributed by atoms with E-state index in [0.717, 1.165) is 39.8 Å². The first-order valence-electron chi connectivity index (χ1n) is 11.4. The molecule has 0 radical (unpaired) electrons. The van der Waals surface area contributed by atoms with Crippen molar-refractivity contribution in [2.24, 2.45) is 0 Å². The zero-order valence-corrected chi connectivity index (χ0v) is 19.8. The van der Waals surface area contributed by atoms with Gasteiger partial charge in [-0.1, -0.05) is 43.3 Å². The van der Waals surface area contributed by atoms with Gasteiger partial charge in [-0.3, -0.25) is 0 Å². The minimum atomic E-state index is -0.951. The van der Waals surface area contributed by atoms with Gasteiger partial charge in [0.1, 0.15) is 17.2 Å². The van der Waals surface area contributed by atoms with Crippen molar-refractivity contribution in [3.8, 4) is 11.5 Å². The number of rotatable bonds is 10. The van der Waals surface area contributed by atoms with Gasteiger partial charge in [-0.2, -0.15) is 0 Å². The highest BCUT2D eigenvalue weighted by Crippen LogP contribution is 2.31. The number of methoxy groups -OCH3 is 2. The van der Waals surface area contributed by atoms with Crippen LogP contribution in [0.1, 0.15) is 39.7 Å². The van der Waals surface area contributed by atoms with Crippen molar-refractivity contribution >= 4 is 16.9 Å². The number of carboxylic acids is 1. The summed E-state index contributed by atoms with van der Waals surface area (Å²) in [6, 6.07) is 21.9. The first-order chi connectivity index (χ1) is 16.5. The van der Waals surface area contributed by atoms with E-state index in [-0.39, 0.29) is 5.69 Å². The molecule has 4 rings (SSSR count). The summed E-state index contributed by atoms with van der Waals surface area (Å²) in [7, 11) is 3.24. The standard InChI is InChI=1S/C28H30N2O4/c1-4-19-5-7-20(8-6-19)16-29-17-25-24-14-13-23(34-3)15-26(24)30(27(25)28(31)32)18-21-9-11-22(33-2)12-10-21/h5-15,29H,4,16-18H2,1-3H3,(H,31,32). The monoisotopic (exact) mass is 458 g/mol. The molecular weight excluding hydrogens is 428 g/mol. The summed E-state index contributed by atoms with van der Waals surface area (Å²) < 4.78 is 12.5. The van der Waals surface area contributed by atoms with E-state index in [1.165, 1.54) is 5.56 Å². The fourth-order valence-electron chi connectivity index (χ4n) is 4.25. The molecular formula is C28H30N2O4. The van der Waals surface area contributed by atoms with Crippen molar-refractivity contribution in [2.45, 2.75) is 33.0 Å². The lowest BCUT2D eigenvalue weighted by Crippen LogP contribution is -2.17. The van der Waals surface area contributed by atoms with Gasteiger partial charge in [-0.05, 0) is 47.4 Å². The molecule has 0 aliphatic heterocycles. The van der Waals surface area contributed by atoms with E-state index in [4.69, 9.17) is 9.47 Å². The highest BCUT2D eigenvalue weighted by molar-refractivity contribution is 5.98. The number of aryl methyl sites for hydroxylation is 1. The number of nitrogens with zero attached hydrogens (tertiary/aromatic N) is 1. The van der Waals surface area contributed by atoms with E-state index >= 15 is 0 Å². The van der Waals surface area contributed by atoms with Crippen molar-refractivity contribution in [1.29, 1.82) is 0 Å². The van der Waals surface area contributed by atoms with Gasteiger partial charge >= 0.3 is 5.97 Å². The normalized spacial score (nSPS) is 11.0. The molecule has 0 spiro atoms. The number of aromatic carboxylic acids is 1. The largest absolute Gasteiger partial charge is 0.497 e. The van der Waals surface area contributed by atoms with Crippen LogP contribution in [0.5, 0.6) is 11.5 Å². The Hall–Kier alpha value is -3.77. The fourth-order valence-corrected chi connectivity index (χ4v) is 4.25. The molecule has 6 nitrogen and oxygen atoms in total. The number of nitrogens with one attached hydrogen (secondary N) is 1. The van der Waals surface area contributed by atoms with Crippen LogP contribution in [-0.2, 0) is 26.1 Å². The third-order valence-corrected chi connectivity index (χ3v) is 6.14. The van der Waals surface area contributed by atoms with Crippen LogP contribution >= 0.6 is 0 Å². The molecule has 1 heterocycles. The molecule has 0 bridgehead atoms. The molecule has 0 saturated heterocycles. The lowest BCUT2D eigenvalue weighted by atomic mass is 10.1. The first kappa shape index (κ1) is 23.4. The Bertz CT molecular complexity index is 1270. The minimum Gasteiger partial charge on any atom is -0.497 e. The zero-order valence-electron chi connectivity index (χ0n) is 19.8. The fraction of sp³-hybridized carbons (Fsp3) is 0.250. The summed E-state index contributed by atoms with van der Waals surface area (Å²) >= 11 is 0. The topological polar surface area (TPSA) is 72.7 Å². The van der Waals surface area contributed by atoms with E-state index in [1.807, 2.05) is 47.0 Å². The van der Waals surface area contributed by atoms with Gasteiger partial charge in [-0.15, -0.1) is 0 Å². The van der Waals surface area contributed by atoms with E-state index in [9.17, 15) is 9.90 Å². The number of aromatic nitrogens is 1. The van der Waals surface area contributed by atoms with Crippen LogP contribution in [-0.4, -0.2) is 29.9 Å². The van der Waals surface area contributed by atoms with Gasteiger partial charge in [-0.25, -0.2) is 4.79 Å². The maximum atomic E-state index is 12.5. The maximum Gasteiger partial charge on any atom is 0.352 e. The van der Waals surface area contributed by atoms with Crippen molar-refractivity contribution < 1.29 is 19.4 Å². The molecule has 3 aromatic carbocycles. The molecule has 0 atom stereocenters. The van der Waals surface area contributed by atoms with Crippen LogP contribution < -0.4 is 14.8 Å². The zero-order chi connectivity index (χ0) is 24.1. The number of hydrogen-bond acceptors (Lipinski definition) is 4. The third kappa shape index (κ3) is 4.92. The molecule has 2 N–H and O–H groups in total. The average molecular weight is 459 g/mol. The predicted molar refractivity (Wildman–Crippen MR) is 134 cm³/mol. The molecule has 0 aliphatic rings. The molecule has 1 aromatic heterocycles. The molecule has 0 unspecified atom stereocenters. The molecule has 6 heteroatoms. The molecule has 0 aliphatic carbocycles. The van der Waals surface area contributed by atoms with E-state index in [1.54, 1.807) is 14.2 Å². The molecule has 34 heavy (non-hydrogen) atoms. The second kappa shape index (κ2) is 10.4. The summed E-state index contributed by atoms with van der Waals surface area (Å²) in [6.45, 7) is 3.66. The number of carbonyl (C=O) groups is 1. The Morgan fingerprint density at radius 3 is 2.09 bits per heavy atom. The molecule has 0 fully saturated rings. The average Bonchev–Trinajstić information content (AvgIpc) is 3.17.